The molecular formula is C12H15N3O2. The van der Waals surface area contributed by atoms with Crippen LogP contribution in [-0.2, 0) is 11.8 Å². The third kappa shape index (κ3) is 2.38. The monoisotopic (exact) mass is 233 g/mol. The van der Waals surface area contributed by atoms with Gasteiger partial charge in [-0.2, -0.15) is 0 Å². The van der Waals surface area contributed by atoms with Crippen LogP contribution in [0.5, 0.6) is 0 Å². The largest absolute Gasteiger partial charge is 0.453 e. The van der Waals surface area contributed by atoms with Crippen molar-refractivity contribution in [1.29, 1.82) is 0 Å². The van der Waals surface area contributed by atoms with Crippen LogP contribution in [0, 0.1) is 0 Å². The summed E-state index contributed by atoms with van der Waals surface area (Å²) in [5.74, 6) is 0.478. The molecule has 0 saturated carbocycles. The van der Waals surface area contributed by atoms with E-state index in [1.54, 1.807) is 6.20 Å². The maximum atomic E-state index is 11.1. The summed E-state index contributed by atoms with van der Waals surface area (Å²) in [6.07, 6.45) is 9.72. The quantitative estimate of drug-likeness (QED) is 0.852. The van der Waals surface area contributed by atoms with E-state index >= 15 is 0 Å². The maximum Gasteiger partial charge on any atom is 0.413 e. The molecule has 1 amide bonds. The number of rotatable bonds is 2. The summed E-state index contributed by atoms with van der Waals surface area (Å²) < 4.78 is 6.36. The highest BCUT2D eigenvalue weighted by Gasteiger charge is 2.12. The van der Waals surface area contributed by atoms with E-state index in [1.165, 1.54) is 7.11 Å². The van der Waals surface area contributed by atoms with E-state index in [1.807, 2.05) is 11.6 Å². The first-order chi connectivity index (χ1) is 8.22. The minimum absolute atomic E-state index is 0.478. The average Bonchev–Trinajstić information content (AvgIpc) is 2.72. The van der Waals surface area contributed by atoms with E-state index in [0.717, 1.165) is 24.1 Å². The zero-order valence-corrected chi connectivity index (χ0v) is 9.93. The van der Waals surface area contributed by atoms with Gasteiger partial charge in [-0.25, -0.2) is 9.78 Å². The van der Waals surface area contributed by atoms with Crippen molar-refractivity contribution in [3.63, 3.8) is 0 Å². The van der Waals surface area contributed by atoms with Gasteiger partial charge in [0.2, 0.25) is 5.95 Å². The summed E-state index contributed by atoms with van der Waals surface area (Å²) >= 11 is 0. The van der Waals surface area contributed by atoms with Gasteiger partial charge < -0.3 is 9.30 Å². The number of amides is 1. The molecular weight excluding hydrogens is 218 g/mol. The molecule has 1 aromatic heterocycles. The fraction of sp³-hybridized carbons (Fsp3) is 0.333. The van der Waals surface area contributed by atoms with Crippen LogP contribution in [0.1, 0.15) is 18.5 Å². The van der Waals surface area contributed by atoms with Crippen molar-refractivity contribution < 1.29 is 9.53 Å². The molecule has 0 aromatic carbocycles. The van der Waals surface area contributed by atoms with Crippen LogP contribution in [0.15, 0.2) is 24.4 Å². The molecule has 0 unspecified atom stereocenters. The van der Waals surface area contributed by atoms with Gasteiger partial charge in [0.25, 0.3) is 0 Å². The number of ether oxygens (including phenoxy) is 1. The van der Waals surface area contributed by atoms with Crippen LogP contribution in [0.3, 0.4) is 0 Å². The molecule has 0 aliphatic heterocycles. The number of imidazole rings is 1. The van der Waals surface area contributed by atoms with Gasteiger partial charge in [0.15, 0.2) is 0 Å². The Morgan fingerprint density at radius 1 is 1.53 bits per heavy atom. The van der Waals surface area contributed by atoms with E-state index in [9.17, 15) is 4.79 Å². The predicted molar refractivity (Wildman–Crippen MR) is 65.6 cm³/mol. The summed E-state index contributed by atoms with van der Waals surface area (Å²) in [6, 6.07) is 0. The van der Waals surface area contributed by atoms with Gasteiger partial charge in [-0.3, -0.25) is 5.32 Å². The van der Waals surface area contributed by atoms with Crippen molar-refractivity contribution in [2.24, 2.45) is 7.05 Å². The number of allylic oxidation sites excluding steroid dienone is 4. The normalized spacial score (nSPS) is 14.4. The lowest BCUT2D eigenvalue weighted by atomic mass is 10.1. The van der Waals surface area contributed by atoms with Gasteiger partial charge in [-0.1, -0.05) is 18.2 Å². The summed E-state index contributed by atoms with van der Waals surface area (Å²) in [5, 5.41) is 2.56. The minimum Gasteiger partial charge on any atom is -0.453 e. The highest BCUT2D eigenvalue weighted by molar-refractivity contribution is 5.83. The Morgan fingerprint density at radius 3 is 3.00 bits per heavy atom. The second kappa shape index (κ2) is 4.86. The van der Waals surface area contributed by atoms with Gasteiger partial charge in [0.1, 0.15) is 0 Å². The van der Waals surface area contributed by atoms with Crippen LogP contribution in [0.4, 0.5) is 10.7 Å². The smallest absolute Gasteiger partial charge is 0.413 e. The van der Waals surface area contributed by atoms with Crippen molar-refractivity contribution in [2.75, 3.05) is 12.4 Å². The zero-order chi connectivity index (χ0) is 12.3. The van der Waals surface area contributed by atoms with Crippen molar-refractivity contribution in [2.45, 2.75) is 12.8 Å². The number of hydrogen-bond donors (Lipinski definition) is 1. The van der Waals surface area contributed by atoms with E-state index in [4.69, 9.17) is 0 Å². The molecule has 1 aromatic rings. The third-order valence-corrected chi connectivity index (χ3v) is 2.68. The number of hydrogen-bond acceptors (Lipinski definition) is 3. The van der Waals surface area contributed by atoms with E-state index < -0.39 is 6.09 Å². The van der Waals surface area contributed by atoms with Gasteiger partial charge in [0, 0.05) is 7.05 Å². The number of aromatic nitrogens is 2. The predicted octanol–water partition coefficient (Wildman–Crippen LogP) is 2.33. The van der Waals surface area contributed by atoms with Crippen LogP contribution in [0.2, 0.25) is 0 Å². The average molecular weight is 233 g/mol. The number of nitrogens with one attached hydrogen (secondary N) is 1. The van der Waals surface area contributed by atoms with Crippen LogP contribution < -0.4 is 5.32 Å². The second-order valence-electron chi connectivity index (χ2n) is 3.78. The van der Waals surface area contributed by atoms with Crippen molar-refractivity contribution in [1.82, 2.24) is 9.55 Å². The molecule has 90 valence electrons. The van der Waals surface area contributed by atoms with Gasteiger partial charge in [-0.15, -0.1) is 0 Å². The summed E-state index contributed by atoms with van der Waals surface area (Å²) in [6.45, 7) is 0. The highest BCUT2D eigenvalue weighted by atomic mass is 16.5. The minimum atomic E-state index is -0.515. The molecule has 1 aliphatic rings. The molecule has 5 nitrogen and oxygen atoms in total. The summed E-state index contributed by atoms with van der Waals surface area (Å²) in [5.41, 5.74) is 2.11. The fourth-order valence-corrected chi connectivity index (χ4v) is 1.74. The molecule has 0 saturated heterocycles. The lowest BCUT2D eigenvalue weighted by Crippen LogP contribution is -2.14. The van der Waals surface area contributed by atoms with Crippen molar-refractivity contribution in [3.05, 3.63) is 30.1 Å². The summed E-state index contributed by atoms with van der Waals surface area (Å²) in [4.78, 5) is 15.3. The van der Waals surface area contributed by atoms with E-state index in [2.05, 4.69) is 33.3 Å². The van der Waals surface area contributed by atoms with E-state index in [0.29, 0.717) is 5.95 Å². The molecule has 0 bridgehead atoms. The maximum absolute atomic E-state index is 11.1. The lowest BCUT2D eigenvalue weighted by Gasteiger charge is -2.09. The third-order valence-electron chi connectivity index (χ3n) is 2.68. The number of nitrogens with zero attached hydrogens (tertiary/aromatic N) is 2. The molecule has 0 spiro atoms. The summed E-state index contributed by atoms with van der Waals surface area (Å²) in [7, 11) is 3.18. The Kier molecular flexibility index (Phi) is 3.27. The lowest BCUT2D eigenvalue weighted by molar-refractivity contribution is 0.186. The van der Waals surface area contributed by atoms with Gasteiger partial charge in [-0.05, 0) is 18.4 Å². The highest BCUT2D eigenvalue weighted by Crippen LogP contribution is 2.22. The fourth-order valence-electron chi connectivity index (χ4n) is 1.74. The Morgan fingerprint density at radius 2 is 2.35 bits per heavy atom. The van der Waals surface area contributed by atoms with Crippen molar-refractivity contribution >= 4 is 17.6 Å². The molecule has 1 heterocycles. The number of carbonyl (C=O) groups excluding carboxylic acids is 1. The molecule has 5 heteroatoms. The molecule has 0 radical (unpaired) electrons. The molecule has 2 rings (SSSR count). The Bertz CT molecular complexity index is 486. The molecule has 17 heavy (non-hydrogen) atoms. The number of anilines is 1. The molecule has 0 atom stereocenters. The molecule has 1 aliphatic carbocycles. The van der Waals surface area contributed by atoms with Crippen molar-refractivity contribution in [3.8, 4) is 0 Å². The van der Waals surface area contributed by atoms with Crippen LogP contribution >= 0.6 is 0 Å². The van der Waals surface area contributed by atoms with Gasteiger partial charge in [0.05, 0.1) is 19.0 Å². The standard InChI is InChI=1S/C12H15N3O2/c1-15-10(9-6-4-3-5-7-9)8-13-11(15)14-12(16)17-2/h4,6-8H,3,5H2,1-2H3,(H,13,14,16). The first kappa shape index (κ1) is 11.4. The second-order valence-corrected chi connectivity index (χ2v) is 3.78. The number of methoxy groups -OCH3 is 1. The molecule has 1 N–H and O–H groups in total. The van der Waals surface area contributed by atoms with Crippen LogP contribution in [-0.4, -0.2) is 22.8 Å². The topological polar surface area (TPSA) is 56.1 Å². The Balaban J connectivity index is 2.23. The van der Waals surface area contributed by atoms with E-state index in [-0.39, 0.29) is 0 Å². The zero-order valence-electron chi connectivity index (χ0n) is 9.93. The first-order valence-corrected chi connectivity index (χ1v) is 5.46. The Hall–Kier alpha value is -2.04. The Labute approximate surface area is 99.8 Å². The first-order valence-electron chi connectivity index (χ1n) is 5.46. The SMILES string of the molecule is COC(=O)Nc1ncc(C2=CCCC=C2)n1C. The molecule has 0 fully saturated rings. The van der Waals surface area contributed by atoms with Gasteiger partial charge >= 0.3 is 6.09 Å². The van der Waals surface area contributed by atoms with Crippen LogP contribution in [0.25, 0.3) is 5.57 Å². The number of carbonyl (C=O) groups is 1.